The van der Waals surface area contributed by atoms with Gasteiger partial charge in [0.05, 0.1) is 5.56 Å². The van der Waals surface area contributed by atoms with E-state index in [1.807, 2.05) is 38.1 Å². The summed E-state index contributed by atoms with van der Waals surface area (Å²) in [5, 5.41) is 3.55. The molecule has 7 nitrogen and oxygen atoms in total. The second kappa shape index (κ2) is 9.32. The largest absolute Gasteiger partial charge is 0.322 e. The zero-order chi connectivity index (χ0) is 22.7. The first kappa shape index (κ1) is 21.7. The van der Waals surface area contributed by atoms with Gasteiger partial charge in [0.1, 0.15) is 10.8 Å². The van der Waals surface area contributed by atoms with Crippen molar-refractivity contribution in [3.05, 3.63) is 77.1 Å². The van der Waals surface area contributed by atoms with Crippen LogP contribution in [0.25, 0.3) is 0 Å². The lowest BCUT2D eigenvalue weighted by Crippen LogP contribution is -2.29. The summed E-state index contributed by atoms with van der Waals surface area (Å²) in [5.41, 5.74) is 4.25. The summed E-state index contributed by atoms with van der Waals surface area (Å²) in [7, 11) is 0. The maximum atomic E-state index is 12.9. The molecule has 162 valence electrons. The van der Waals surface area contributed by atoms with Gasteiger partial charge >= 0.3 is 0 Å². The number of hydrogen-bond acceptors (Lipinski definition) is 6. The van der Waals surface area contributed by atoms with Gasteiger partial charge in [-0.2, -0.15) is 0 Å². The Bertz CT molecular complexity index is 1180. The number of pyridine rings is 2. The molecule has 0 radical (unpaired) electrons. The van der Waals surface area contributed by atoms with E-state index in [1.165, 1.54) is 11.8 Å². The highest BCUT2D eigenvalue weighted by molar-refractivity contribution is 7.98. The van der Waals surface area contributed by atoms with Gasteiger partial charge in [-0.15, -0.1) is 11.8 Å². The van der Waals surface area contributed by atoms with Gasteiger partial charge in [0.2, 0.25) is 11.8 Å². The lowest BCUT2D eigenvalue weighted by molar-refractivity contribution is -0.121. The zero-order valence-electron chi connectivity index (χ0n) is 17.8. The van der Waals surface area contributed by atoms with Gasteiger partial charge in [0.25, 0.3) is 5.91 Å². The summed E-state index contributed by atoms with van der Waals surface area (Å²) in [6.45, 7) is 3.97. The predicted molar refractivity (Wildman–Crippen MR) is 124 cm³/mol. The van der Waals surface area contributed by atoms with Crippen molar-refractivity contribution in [2.75, 3.05) is 10.2 Å². The van der Waals surface area contributed by atoms with Crippen molar-refractivity contribution in [1.82, 2.24) is 9.97 Å². The van der Waals surface area contributed by atoms with E-state index in [-0.39, 0.29) is 30.6 Å². The van der Waals surface area contributed by atoms with Crippen molar-refractivity contribution < 1.29 is 14.4 Å². The van der Waals surface area contributed by atoms with Crippen molar-refractivity contribution in [1.29, 1.82) is 0 Å². The van der Waals surface area contributed by atoms with E-state index in [0.717, 1.165) is 27.3 Å². The molecule has 1 N–H and O–H groups in total. The van der Waals surface area contributed by atoms with Crippen molar-refractivity contribution in [2.45, 2.75) is 37.5 Å². The van der Waals surface area contributed by atoms with Crippen LogP contribution >= 0.6 is 11.8 Å². The third-order valence-corrected chi connectivity index (χ3v) is 6.04. The third kappa shape index (κ3) is 4.86. The average molecular weight is 447 g/mol. The maximum Gasteiger partial charge on any atom is 0.258 e. The van der Waals surface area contributed by atoms with Crippen molar-refractivity contribution >= 4 is 41.0 Å². The molecule has 1 aliphatic rings. The molecule has 1 aromatic carbocycles. The predicted octanol–water partition coefficient (Wildman–Crippen LogP) is 4.29. The molecule has 0 bridgehead atoms. The number of aromatic nitrogens is 2. The summed E-state index contributed by atoms with van der Waals surface area (Å²) >= 11 is 1.41. The standard InChI is InChI=1S/C24H22N4O3S/c1-15-10-16(2)12-18(11-15)27-23(31)19-4-3-8-26-24(19)32-14-17-7-9-25-20(13-17)28-21(29)5-6-22(28)30/h3-4,7-13H,5-6,14H2,1-2H3,(H,27,31). The van der Waals surface area contributed by atoms with Crippen LogP contribution in [0.5, 0.6) is 0 Å². The molecular weight excluding hydrogens is 424 g/mol. The Morgan fingerprint density at radius 2 is 1.72 bits per heavy atom. The Balaban J connectivity index is 1.49. The number of amides is 3. The van der Waals surface area contributed by atoms with Crippen LogP contribution in [-0.2, 0) is 15.3 Å². The molecule has 0 saturated carbocycles. The molecule has 0 aliphatic carbocycles. The van der Waals surface area contributed by atoms with E-state index >= 15 is 0 Å². The molecule has 1 aliphatic heterocycles. The number of imide groups is 1. The summed E-state index contributed by atoms with van der Waals surface area (Å²) in [4.78, 5) is 46.6. The third-order valence-electron chi connectivity index (χ3n) is 4.96. The number of carbonyl (C=O) groups is 3. The van der Waals surface area contributed by atoms with Crippen LogP contribution in [0.1, 0.15) is 39.9 Å². The number of hydrogen-bond donors (Lipinski definition) is 1. The van der Waals surface area contributed by atoms with Gasteiger partial charge < -0.3 is 5.32 Å². The van der Waals surface area contributed by atoms with E-state index in [4.69, 9.17) is 0 Å². The first-order valence-corrected chi connectivity index (χ1v) is 11.2. The van der Waals surface area contributed by atoms with E-state index in [0.29, 0.717) is 22.2 Å². The first-order valence-electron chi connectivity index (χ1n) is 10.2. The van der Waals surface area contributed by atoms with Crippen LogP contribution in [0.2, 0.25) is 0 Å². The molecule has 0 spiro atoms. The molecule has 2 aromatic heterocycles. The second-order valence-electron chi connectivity index (χ2n) is 7.62. The molecule has 3 heterocycles. The highest BCUT2D eigenvalue weighted by Crippen LogP contribution is 2.27. The summed E-state index contributed by atoms with van der Waals surface area (Å²) in [6, 6.07) is 12.9. The van der Waals surface area contributed by atoms with Crippen LogP contribution in [-0.4, -0.2) is 27.7 Å². The number of benzene rings is 1. The van der Waals surface area contributed by atoms with Crippen molar-refractivity contribution in [3.8, 4) is 0 Å². The molecule has 1 fully saturated rings. The number of thioether (sulfide) groups is 1. The lowest BCUT2D eigenvalue weighted by atomic mass is 10.1. The topological polar surface area (TPSA) is 92.3 Å². The number of rotatable bonds is 6. The number of anilines is 2. The van der Waals surface area contributed by atoms with Gasteiger partial charge in [-0.25, -0.2) is 14.9 Å². The molecule has 1 saturated heterocycles. The van der Waals surface area contributed by atoms with E-state index < -0.39 is 0 Å². The molecule has 3 aromatic rings. The average Bonchev–Trinajstić information content (AvgIpc) is 3.10. The maximum absolute atomic E-state index is 12.9. The number of nitrogens with one attached hydrogen (secondary N) is 1. The van der Waals surface area contributed by atoms with Gasteiger partial charge in [-0.1, -0.05) is 6.07 Å². The Labute approximate surface area is 190 Å². The van der Waals surface area contributed by atoms with Crippen LogP contribution in [0.3, 0.4) is 0 Å². The van der Waals surface area contributed by atoms with Gasteiger partial charge in [-0.3, -0.25) is 14.4 Å². The molecule has 4 rings (SSSR count). The molecule has 32 heavy (non-hydrogen) atoms. The van der Waals surface area contributed by atoms with Crippen LogP contribution in [0.15, 0.2) is 59.9 Å². The minimum absolute atomic E-state index is 0.215. The fourth-order valence-electron chi connectivity index (χ4n) is 3.58. The van der Waals surface area contributed by atoms with Crippen molar-refractivity contribution in [2.24, 2.45) is 0 Å². The minimum Gasteiger partial charge on any atom is -0.322 e. The number of carbonyl (C=O) groups excluding carboxylic acids is 3. The number of nitrogens with zero attached hydrogens (tertiary/aromatic N) is 3. The van der Waals surface area contributed by atoms with E-state index in [2.05, 4.69) is 15.3 Å². The monoisotopic (exact) mass is 446 g/mol. The van der Waals surface area contributed by atoms with E-state index in [1.54, 1.807) is 30.6 Å². The van der Waals surface area contributed by atoms with Crippen LogP contribution in [0.4, 0.5) is 11.5 Å². The van der Waals surface area contributed by atoms with Gasteiger partial charge in [-0.05, 0) is 66.9 Å². The molecular formula is C24H22N4O3S. The molecule has 0 unspecified atom stereocenters. The Morgan fingerprint density at radius 1 is 1.00 bits per heavy atom. The van der Waals surface area contributed by atoms with Crippen LogP contribution in [0, 0.1) is 13.8 Å². The Hall–Kier alpha value is -3.52. The van der Waals surface area contributed by atoms with Gasteiger partial charge in [0.15, 0.2) is 0 Å². The lowest BCUT2D eigenvalue weighted by Gasteiger charge is -2.14. The summed E-state index contributed by atoms with van der Waals surface area (Å²) in [5.74, 6) is 0.149. The quantitative estimate of drug-likeness (QED) is 0.449. The smallest absolute Gasteiger partial charge is 0.258 e. The van der Waals surface area contributed by atoms with Crippen molar-refractivity contribution in [3.63, 3.8) is 0 Å². The first-order chi connectivity index (χ1) is 15.4. The summed E-state index contributed by atoms with van der Waals surface area (Å²) in [6.07, 6.45) is 3.66. The SMILES string of the molecule is Cc1cc(C)cc(NC(=O)c2cccnc2SCc2ccnc(N3C(=O)CCC3=O)c2)c1. The minimum atomic E-state index is -0.234. The second-order valence-corrected chi connectivity index (χ2v) is 8.58. The number of aryl methyl sites for hydroxylation is 2. The highest BCUT2D eigenvalue weighted by atomic mass is 32.2. The Kier molecular flexibility index (Phi) is 6.32. The fourth-order valence-corrected chi connectivity index (χ4v) is 4.51. The van der Waals surface area contributed by atoms with Crippen LogP contribution < -0.4 is 10.2 Å². The Morgan fingerprint density at radius 3 is 2.44 bits per heavy atom. The zero-order valence-corrected chi connectivity index (χ0v) is 18.6. The normalized spacial score (nSPS) is 13.5. The molecule has 0 atom stereocenters. The molecule has 8 heteroatoms. The van der Waals surface area contributed by atoms with E-state index in [9.17, 15) is 14.4 Å². The fraction of sp³-hybridized carbons (Fsp3) is 0.208. The highest BCUT2D eigenvalue weighted by Gasteiger charge is 2.31. The summed E-state index contributed by atoms with van der Waals surface area (Å²) < 4.78 is 0. The van der Waals surface area contributed by atoms with Gasteiger partial charge in [0, 0.05) is 36.7 Å². The molecule has 3 amide bonds.